The zero-order valence-corrected chi connectivity index (χ0v) is 10.9. The first-order chi connectivity index (χ1) is 8.65. The van der Waals surface area contributed by atoms with Gasteiger partial charge in [-0.3, -0.25) is 4.79 Å². The van der Waals surface area contributed by atoms with E-state index in [0.717, 1.165) is 6.42 Å². The van der Waals surface area contributed by atoms with Gasteiger partial charge in [0.2, 0.25) is 5.91 Å². The van der Waals surface area contributed by atoms with Crippen LogP contribution in [0.3, 0.4) is 0 Å². The van der Waals surface area contributed by atoms with Crippen LogP contribution < -0.4 is 5.32 Å². The molecule has 0 saturated carbocycles. The highest BCUT2D eigenvalue weighted by Gasteiger charge is 2.04. The van der Waals surface area contributed by atoms with Crippen LogP contribution in [0, 0.1) is 0 Å². The minimum Gasteiger partial charge on any atom is -0.354 e. The molecule has 0 aliphatic carbocycles. The Kier molecular flexibility index (Phi) is 3.98. The van der Waals surface area contributed by atoms with Crippen molar-refractivity contribution in [3.63, 3.8) is 0 Å². The number of hydrogen-bond donors (Lipinski definition) is 1. The van der Waals surface area contributed by atoms with Crippen LogP contribution in [0.25, 0.3) is 10.8 Å². The van der Waals surface area contributed by atoms with Crippen LogP contribution in [0.5, 0.6) is 0 Å². The molecule has 0 aromatic heterocycles. The van der Waals surface area contributed by atoms with Crippen molar-refractivity contribution in [3.8, 4) is 0 Å². The normalized spacial score (nSPS) is 10.8. The van der Waals surface area contributed by atoms with Crippen molar-refractivity contribution in [1.82, 2.24) is 5.32 Å². The monoisotopic (exact) mass is 241 g/mol. The topological polar surface area (TPSA) is 29.1 Å². The molecular weight excluding hydrogens is 222 g/mol. The molecule has 0 fully saturated rings. The summed E-state index contributed by atoms with van der Waals surface area (Å²) in [5, 5.41) is 5.39. The van der Waals surface area contributed by atoms with Gasteiger partial charge in [0, 0.05) is 12.5 Å². The number of benzene rings is 2. The molecule has 0 radical (unpaired) electrons. The molecule has 0 heterocycles. The van der Waals surface area contributed by atoms with Gasteiger partial charge in [-0.15, -0.1) is 0 Å². The molecule has 0 spiro atoms. The maximum Gasteiger partial charge on any atom is 0.220 e. The molecule has 0 aliphatic heterocycles. The summed E-state index contributed by atoms with van der Waals surface area (Å²) in [6.45, 7) is 3.96. The van der Waals surface area contributed by atoms with E-state index in [9.17, 15) is 4.79 Å². The molecule has 1 amide bonds. The summed E-state index contributed by atoms with van der Waals surface area (Å²) in [4.78, 5) is 11.6. The molecular formula is C16H19NO. The molecule has 0 bridgehead atoms. The Bertz CT molecular complexity index is 546. The predicted molar refractivity (Wildman–Crippen MR) is 75.5 cm³/mol. The molecule has 18 heavy (non-hydrogen) atoms. The van der Waals surface area contributed by atoms with E-state index in [-0.39, 0.29) is 11.9 Å². The number of carbonyl (C=O) groups is 1. The smallest absolute Gasteiger partial charge is 0.220 e. The third kappa shape index (κ3) is 3.33. The molecule has 1 N–H and O–H groups in total. The Hall–Kier alpha value is -1.83. The second kappa shape index (κ2) is 5.67. The zero-order valence-electron chi connectivity index (χ0n) is 10.9. The Morgan fingerprint density at radius 1 is 1.11 bits per heavy atom. The summed E-state index contributed by atoms with van der Waals surface area (Å²) >= 11 is 0. The second-order valence-electron chi connectivity index (χ2n) is 4.90. The largest absolute Gasteiger partial charge is 0.354 e. The fraction of sp³-hybridized carbons (Fsp3) is 0.312. The molecule has 2 heteroatoms. The van der Waals surface area contributed by atoms with Gasteiger partial charge in [-0.1, -0.05) is 42.5 Å². The van der Waals surface area contributed by atoms with Gasteiger partial charge in [0.25, 0.3) is 0 Å². The lowest BCUT2D eigenvalue weighted by Gasteiger charge is -2.08. The summed E-state index contributed by atoms with van der Waals surface area (Å²) in [6.07, 6.45) is 1.35. The van der Waals surface area contributed by atoms with E-state index in [1.807, 2.05) is 26.0 Å². The summed E-state index contributed by atoms with van der Waals surface area (Å²) in [7, 11) is 0. The molecule has 0 unspecified atom stereocenters. The number of nitrogens with one attached hydrogen (secondary N) is 1. The standard InChI is InChI=1S/C16H19NO/c1-12(2)17-16(18)10-8-13-7-9-14-5-3-4-6-15(14)11-13/h3-7,9,11-12H,8,10H2,1-2H3,(H,17,18). The molecule has 2 nitrogen and oxygen atoms in total. The Morgan fingerprint density at radius 2 is 1.83 bits per heavy atom. The number of fused-ring (bicyclic) bond motifs is 1. The van der Waals surface area contributed by atoms with Gasteiger partial charge in [0.1, 0.15) is 0 Å². The Balaban J connectivity index is 2.01. The van der Waals surface area contributed by atoms with E-state index < -0.39 is 0 Å². The van der Waals surface area contributed by atoms with Crippen molar-refractivity contribution in [2.45, 2.75) is 32.7 Å². The lowest BCUT2D eigenvalue weighted by Crippen LogP contribution is -2.30. The van der Waals surface area contributed by atoms with Crippen molar-refractivity contribution in [1.29, 1.82) is 0 Å². The summed E-state index contributed by atoms with van der Waals surface area (Å²) in [5.41, 5.74) is 1.22. The Morgan fingerprint density at radius 3 is 2.56 bits per heavy atom. The van der Waals surface area contributed by atoms with Crippen LogP contribution in [0.2, 0.25) is 0 Å². The molecule has 2 aromatic rings. The highest BCUT2D eigenvalue weighted by atomic mass is 16.1. The number of aryl methyl sites for hydroxylation is 1. The number of amides is 1. The van der Waals surface area contributed by atoms with Gasteiger partial charge in [-0.2, -0.15) is 0 Å². The van der Waals surface area contributed by atoms with E-state index >= 15 is 0 Å². The zero-order chi connectivity index (χ0) is 13.0. The highest BCUT2D eigenvalue weighted by molar-refractivity contribution is 5.83. The van der Waals surface area contributed by atoms with Crippen LogP contribution in [-0.4, -0.2) is 11.9 Å². The summed E-state index contributed by atoms with van der Waals surface area (Å²) < 4.78 is 0. The molecule has 2 rings (SSSR count). The van der Waals surface area contributed by atoms with Crippen molar-refractivity contribution in [2.24, 2.45) is 0 Å². The third-order valence-electron chi connectivity index (χ3n) is 2.90. The van der Waals surface area contributed by atoms with Crippen molar-refractivity contribution in [3.05, 3.63) is 48.0 Å². The minimum absolute atomic E-state index is 0.123. The van der Waals surface area contributed by atoms with Crippen LogP contribution in [0.1, 0.15) is 25.8 Å². The maximum atomic E-state index is 11.6. The van der Waals surface area contributed by atoms with Crippen LogP contribution in [-0.2, 0) is 11.2 Å². The average Bonchev–Trinajstić information content (AvgIpc) is 2.35. The van der Waals surface area contributed by atoms with Gasteiger partial charge in [-0.05, 0) is 36.6 Å². The molecule has 0 aliphatic rings. The summed E-state index contributed by atoms with van der Waals surface area (Å²) in [6, 6.07) is 14.9. The lowest BCUT2D eigenvalue weighted by atomic mass is 10.0. The first-order valence-corrected chi connectivity index (χ1v) is 6.42. The third-order valence-corrected chi connectivity index (χ3v) is 2.90. The van der Waals surface area contributed by atoms with Crippen LogP contribution in [0.15, 0.2) is 42.5 Å². The molecule has 94 valence electrons. The molecule has 0 saturated heterocycles. The first-order valence-electron chi connectivity index (χ1n) is 6.42. The predicted octanol–water partition coefficient (Wildman–Crippen LogP) is 3.30. The maximum absolute atomic E-state index is 11.6. The number of hydrogen-bond acceptors (Lipinski definition) is 1. The van der Waals surface area contributed by atoms with E-state index in [4.69, 9.17) is 0 Å². The number of rotatable bonds is 4. The van der Waals surface area contributed by atoms with Crippen LogP contribution in [0.4, 0.5) is 0 Å². The number of carbonyl (C=O) groups excluding carboxylic acids is 1. The average molecular weight is 241 g/mol. The SMILES string of the molecule is CC(C)NC(=O)CCc1ccc2ccccc2c1. The van der Waals surface area contributed by atoms with Gasteiger partial charge >= 0.3 is 0 Å². The highest BCUT2D eigenvalue weighted by Crippen LogP contribution is 2.16. The van der Waals surface area contributed by atoms with Gasteiger partial charge in [0.05, 0.1) is 0 Å². The van der Waals surface area contributed by atoms with Gasteiger partial charge < -0.3 is 5.32 Å². The van der Waals surface area contributed by atoms with Crippen molar-refractivity contribution in [2.75, 3.05) is 0 Å². The van der Waals surface area contributed by atoms with Gasteiger partial charge in [0.15, 0.2) is 0 Å². The van der Waals surface area contributed by atoms with E-state index in [1.54, 1.807) is 0 Å². The first kappa shape index (κ1) is 12.6. The Labute approximate surface area is 108 Å². The van der Waals surface area contributed by atoms with Crippen molar-refractivity contribution >= 4 is 16.7 Å². The minimum atomic E-state index is 0.123. The fourth-order valence-corrected chi connectivity index (χ4v) is 2.05. The van der Waals surface area contributed by atoms with Gasteiger partial charge in [-0.25, -0.2) is 0 Å². The quantitative estimate of drug-likeness (QED) is 0.874. The van der Waals surface area contributed by atoms with E-state index in [2.05, 4.69) is 35.6 Å². The van der Waals surface area contributed by atoms with E-state index in [0.29, 0.717) is 6.42 Å². The van der Waals surface area contributed by atoms with Crippen LogP contribution >= 0.6 is 0 Å². The second-order valence-corrected chi connectivity index (χ2v) is 4.90. The lowest BCUT2D eigenvalue weighted by molar-refractivity contribution is -0.121. The molecule has 0 atom stereocenters. The van der Waals surface area contributed by atoms with Crippen molar-refractivity contribution < 1.29 is 4.79 Å². The fourth-order valence-electron chi connectivity index (χ4n) is 2.05. The summed E-state index contributed by atoms with van der Waals surface area (Å²) in [5.74, 6) is 0.123. The molecule has 2 aromatic carbocycles. The van der Waals surface area contributed by atoms with E-state index in [1.165, 1.54) is 16.3 Å².